The van der Waals surface area contributed by atoms with Crippen LogP contribution in [0, 0.1) is 5.82 Å². The summed E-state index contributed by atoms with van der Waals surface area (Å²) in [5, 5.41) is 2.80. The summed E-state index contributed by atoms with van der Waals surface area (Å²) in [7, 11) is 1.99. The van der Waals surface area contributed by atoms with Crippen molar-refractivity contribution >= 4 is 23.4 Å². The van der Waals surface area contributed by atoms with Gasteiger partial charge in [-0.25, -0.2) is 4.39 Å². The Morgan fingerprint density at radius 2 is 1.70 bits per heavy atom. The number of nitrogens with one attached hydrogen (secondary N) is 1. The molecule has 0 saturated heterocycles. The Labute approximate surface area is 158 Å². The van der Waals surface area contributed by atoms with Crippen molar-refractivity contribution in [1.82, 2.24) is 10.3 Å². The number of benzene rings is 2. The van der Waals surface area contributed by atoms with Crippen LogP contribution in [0.5, 0.6) is 0 Å². The quantitative estimate of drug-likeness (QED) is 0.665. The van der Waals surface area contributed by atoms with Gasteiger partial charge < -0.3 is 10.2 Å². The van der Waals surface area contributed by atoms with E-state index in [4.69, 9.17) is 0 Å². The van der Waals surface area contributed by atoms with Crippen LogP contribution in [0.4, 0.5) is 15.8 Å². The van der Waals surface area contributed by atoms with Gasteiger partial charge in [-0.15, -0.1) is 0 Å². The van der Waals surface area contributed by atoms with E-state index in [2.05, 4.69) is 15.2 Å². The van der Waals surface area contributed by atoms with E-state index >= 15 is 0 Å². The van der Waals surface area contributed by atoms with Crippen LogP contribution in [0.1, 0.15) is 11.1 Å². The van der Waals surface area contributed by atoms with Gasteiger partial charge >= 0.3 is 0 Å². The first-order chi connectivity index (χ1) is 13.1. The molecule has 0 aliphatic heterocycles. The minimum atomic E-state index is -0.351. The maximum atomic E-state index is 13.5. The highest BCUT2D eigenvalue weighted by Gasteiger charge is 2.04. The third-order valence-electron chi connectivity index (χ3n) is 4.16. The summed E-state index contributed by atoms with van der Waals surface area (Å²) in [6.45, 7) is 0.402. The molecule has 0 atom stereocenters. The third kappa shape index (κ3) is 5.01. The summed E-state index contributed by atoms with van der Waals surface area (Å²) in [6.07, 6.45) is 6.32. The lowest BCUT2D eigenvalue weighted by Gasteiger charge is -2.19. The minimum absolute atomic E-state index is 0.267. The van der Waals surface area contributed by atoms with Crippen molar-refractivity contribution in [2.24, 2.45) is 0 Å². The molecular weight excluding hydrogens is 341 g/mol. The number of anilines is 2. The predicted octanol–water partition coefficient (Wildman–Crippen LogP) is 4.32. The molecule has 4 nitrogen and oxygen atoms in total. The first kappa shape index (κ1) is 18.3. The Morgan fingerprint density at radius 1 is 1.04 bits per heavy atom. The molecule has 0 aliphatic carbocycles. The molecule has 0 unspecified atom stereocenters. The highest BCUT2D eigenvalue weighted by atomic mass is 19.1. The molecule has 1 heterocycles. The zero-order chi connectivity index (χ0) is 19.1. The molecule has 0 aliphatic rings. The lowest BCUT2D eigenvalue weighted by atomic mass is 10.2. The number of pyridine rings is 1. The summed E-state index contributed by atoms with van der Waals surface area (Å²) in [6, 6.07) is 18.1. The van der Waals surface area contributed by atoms with Gasteiger partial charge in [-0.2, -0.15) is 0 Å². The van der Waals surface area contributed by atoms with Crippen LogP contribution in [-0.4, -0.2) is 17.9 Å². The number of carbonyl (C=O) groups is 1. The average molecular weight is 361 g/mol. The summed E-state index contributed by atoms with van der Waals surface area (Å²) in [4.78, 5) is 18.0. The number of nitrogens with zero attached hydrogens (tertiary/aromatic N) is 2. The molecule has 2 aromatic carbocycles. The van der Waals surface area contributed by atoms with Crippen molar-refractivity contribution in [3.05, 3.63) is 96.1 Å². The second-order valence-corrected chi connectivity index (χ2v) is 6.00. The van der Waals surface area contributed by atoms with E-state index in [-0.39, 0.29) is 11.7 Å². The summed E-state index contributed by atoms with van der Waals surface area (Å²) in [5.74, 6) is -0.619. The number of halogens is 1. The van der Waals surface area contributed by atoms with E-state index in [9.17, 15) is 9.18 Å². The third-order valence-corrected chi connectivity index (χ3v) is 4.16. The van der Waals surface area contributed by atoms with Crippen LogP contribution in [0.3, 0.4) is 0 Å². The summed E-state index contributed by atoms with van der Waals surface area (Å²) >= 11 is 0. The van der Waals surface area contributed by atoms with Crippen LogP contribution in [0.25, 0.3) is 6.08 Å². The van der Waals surface area contributed by atoms with E-state index < -0.39 is 0 Å². The zero-order valence-corrected chi connectivity index (χ0v) is 15.0. The molecule has 1 aromatic heterocycles. The van der Waals surface area contributed by atoms with Gasteiger partial charge in [0.25, 0.3) is 0 Å². The van der Waals surface area contributed by atoms with Crippen molar-refractivity contribution in [3.8, 4) is 0 Å². The van der Waals surface area contributed by atoms with E-state index in [1.165, 1.54) is 18.2 Å². The molecule has 0 fully saturated rings. The van der Waals surface area contributed by atoms with Crippen LogP contribution in [0.15, 0.2) is 79.1 Å². The fourth-order valence-corrected chi connectivity index (χ4v) is 2.58. The number of carbonyl (C=O) groups excluding carboxylic acids is 1. The van der Waals surface area contributed by atoms with Crippen molar-refractivity contribution < 1.29 is 9.18 Å². The smallest absolute Gasteiger partial charge is 0.244 e. The van der Waals surface area contributed by atoms with Crippen LogP contribution in [0.2, 0.25) is 0 Å². The maximum absolute atomic E-state index is 13.5. The molecule has 136 valence electrons. The van der Waals surface area contributed by atoms with Crippen LogP contribution >= 0.6 is 0 Å². The number of rotatable bonds is 6. The fourth-order valence-electron chi connectivity index (χ4n) is 2.58. The summed E-state index contributed by atoms with van der Waals surface area (Å²) in [5.41, 5.74) is 3.45. The molecule has 0 bridgehead atoms. The number of amides is 1. The first-order valence-electron chi connectivity index (χ1n) is 8.56. The molecule has 3 rings (SSSR count). The Hall–Kier alpha value is -3.47. The van der Waals surface area contributed by atoms with E-state index in [0.29, 0.717) is 12.1 Å². The van der Waals surface area contributed by atoms with Crippen molar-refractivity contribution in [2.45, 2.75) is 6.54 Å². The first-order valence-corrected chi connectivity index (χ1v) is 8.56. The van der Waals surface area contributed by atoms with Gasteiger partial charge in [-0.3, -0.25) is 9.78 Å². The molecule has 1 amide bonds. The number of hydrogen-bond donors (Lipinski definition) is 1. The van der Waals surface area contributed by atoms with Crippen LogP contribution < -0.4 is 10.2 Å². The molecule has 3 aromatic rings. The van der Waals surface area contributed by atoms with Crippen molar-refractivity contribution in [1.29, 1.82) is 0 Å². The molecule has 1 N–H and O–H groups in total. The normalized spacial score (nSPS) is 10.7. The Morgan fingerprint density at radius 3 is 2.41 bits per heavy atom. The van der Waals surface area contributed by atoms with Gasteiger partial charge in [0.15, 0.2) is 0 Å². The van der Waals surface area contributed by atoms with E-state index in [1.54, 1.807) is 30.6 Å². The number of aromatic nitrogens is 1. The topological polar surface area (TPSA) is 45.2 Å². The van der Waals surface area contributed by atoms with E-state index in [0.717, 1.165) is 16.9 Å². The molecule has 0 radical (unpaired) electrons. The van der Waals surface area contributed by atoms with E-state index in [1.807, 2.05) is 43.4 Å². The largest absolute Gasteiger partial charge is 0.348 e. The zero-order valence-electron chi connectivity index (χ0n) is 15.0. The Bertz CT molecular complexity index is 924. The Balaban J connectivity index is 1.56. The average Bonchev–Trinajstić information content (AvgIpc) is 2.72. The minimum Gasteiger partial charge on any atom is -0.348 e. The lowest BCUT2D eigenvalue weighted by molar-refractivity contribution is -0.116. The van der Waals surface area contributed by atoms with Gasteiger partial charge in [0.1, 0.15) is 5.82 Å². The van der Waals surface area contributed by atoms with Gasteiger partial charge in [0, 0.05) is 49.0 Å². The maximum Gasteiger partial charge on any atom is 0.244 e. The standard InChI is InChI=1S/C22H20FN3O/c1-26(20-12-14-24-15-13-20)19-9-6-17(7-10-19)16-25-22(27)11-8-18-4-2-3-5-21(18)23/h2-15H,16H2,1H3,(H,25,27). The highest BCUT2D eigenvalue weighted by Crippen LogP contribution is 2.22. The van der Waals surface area contributed by atoms with Gasteiger partial charge in [0.2, 0.25) is 5.91 Å². The molecule has 5 heteroatoms. The lowest BCUT2D eigenvalue weighted by Crippen LogP contribution is -2.20. The number of hydrogen-bond acceptors (Lipinski definition) is 3. The van der Waals surface area contributed by atoms with Crippen molar-refractivity contribution in [3.63, 3.8) is 0 Å². The second kappa shape index (κ2) is 8.76. The predicted molar refractivity (Wildman–Crippen MR) is 106 cm³/mol. The summed E-state index contributed by atoms with van der Waals surface area (Å²) < 4.78 is 13.5. The second-order valence-electron chi connectivity index (χ2n) is 6.00. The van der Waals surface area contributed by atoms with Gasteiger partial charge in [-0.05, 0) is 42.0 Å². The molecular formula is C22H20FN3O. The molecule has 27 heavy (non-hydrogen) atoms. The van der Waals surface area contributed by atoms with Gasteiger partial charge in [-0.1, -0.05) is 30.3 Å². The fraction of sp³-hybridized carbons (Fsp3) is 0.0909. The van der Waals surface area contributed by atoms with Crippen molar-refractivity contribution in [2.75, 3.05) is 11.9 Å². The van der Waals surface area contributed by atoms with Crippen LogP contribution in [-0.2, 0) is 11.3 Å². The monoisotopic (exact) mass is 361 g/mol. The van der Waals surface area contributed by atoms with Gasteiger partial charge in [0.05, 0.1) is 0 Å². The molecule has 0 saturated carbocycles. The molecule has 0 spiro atoms. The Kier molecular flexibility index (Phi) is 5.94. The SMILES string of the molecule is CN(c1ccncc1)c1ccc(CNC(=O)C=Cc2ccccc2F)cc1. The highest BCUT2D eigenvalue weighted by molar-refractivity contribution is 5.91.